The van der Waals surface area contributed by atoms with E-state index in [1.807, 2.05) is 41.5 Å². The van der Waals surface area contributed by atoms with E-state index in [1.165, 1.54) is 0 Å². The summed E-state index contributed by atoms with van der Waals surface area (Å²) in [5, 5.41) is 2.81. The number of benzene rings is 1. The lowest BCUT2D eigenvalue weighted by Crippen LogP contribution is -2.28. The molecule has 1 amide bonds. The van der Waals surface area contributed by atoms with Gasteiger partial charge in [0.15, 0.2) is 0 Å². The molecule has 0 aliphatic carbocycles. The van der Waals surface area contributed by atoms with Crippen LogP contribution in [0.3, 0.4) is 0 Å². The molecule has 0 aromatic heterocycles. The molecular formula is C15H24N2O2S. The highest BCUT2D eigenvalue weighted by atomic mass is 32.1. The van der Waals surface area contributed by atoms with Crippen LogP contribution < -0.4 is 11.1 Å². The summed E-state index contributed by atoms with van der Waals surface area (Å²) < 4.78 is 5.29. The van der Waals surface area contributed by atoms with E-state index in [1.54, 1.807) is 0 Å². The summed E-state index contributed by atoms with van der Waals surface area (Å²) in [6.07, 6.45) is -0.469. The van der Waals surface area contributed by atoms with Crippen molar-refractivity contribution in [3.05, 3.63) is 22.3 Å². The SMILES string of the molecule is Cc1c(S)c(C)c(NC(=O)OC(C)(C)C)c(C)c1CN. The molecule has 0 aliphatic rings. The lowest BCUT2D eigenvalue weighted by Gasteiger charge is -2.23. The zero-order valence-corrected chi connectivity index (χ0v) is 13.9. The Bertz CT molecular complexity index is 534. The number of nitrogens with one attached hydrogen (secondary N) is 1. The van der Waals surface area contributed by atoms with Crippen LogP contribution in [0.15, 0.2) is 4.90 Å². The summed E-state index contributed by atoms with van der Waals surface area (Å²) in [4.78, 5) is 12.8. The summed E-state index contributed by atoms with van der Waals surface area (Å²) in [5.41, 5.74) is 9.94. The highest BCUT2D eigenvalue weighted by molar-refractivity contribution is 7.80. The molecular weight excluding hydrogens is 272 g/mol. The fourth-order valence-electron chi connectivity index (χ4n) is 2.16. The van der Waals surface area contributed by atoms with Crippen LogP contribution in [0.25, 0.3) is 0 Å². The third-order valence-electron chi connectivity index (χ3n) is 3.20. The summed E-state index contributed by atoms with van der Waals surface area (Å²) in [5.74, 6) is 0. The molecule has 20 heavy (non-hydrogen) atoms. The van der Waals surface area contributed by atoms with Crippen molar-refractivity contribution in [3.8, 4) is 0 Å². The topological polar surface area (TPSA) is 64.3 Å². The van der Waals surface area contributed by atoms with Crippen LogP contribution in [0, 0.1) is 20.8 Å². The van der Waals surface area contributed by atoms with Gasteiger partial charge in [-0.15, -0.1) is 12.6 Å². The smallest absolute Gasteiger partial charge is 0.412 e. The van der Waals surface area contributed by atoms with E-state index in [2.05, 4.69) is 17.9 Å². The maximum atomic E-state index is 11.9. The molecule has 0 unspecified atom stereocenters. The Morgan fingerprint density at radius 2 is 1.75 bits per heavy atom. The van der Waals surface area contributed by atoms with Gasteiger partial charge in [0.2, 0.25) is 0 Å². The second-order valence-corrected chi connectivity index (χ2v) is 6.36. The molecule has 3 N–H and O–H groups in total. The maximum Gasteiger partial charge on any atom is 0.412 e. The first kappa shape index (κ1) is 16.9. The molecule has 0 aliphatic heterocycles. The summed E-state index contributed by atoms with van der Waals surface area (Å²) in [6, 6.07) is 0. The van der Waals surface area contributed by atoms with Crippen LogP contribution in [0.5, 0.6) is 0 Å². The maximum absolute atomic E-state index is 11.9. The van der Waals surface area contributed by atoms with Crippen molar-refractivity contribution in [1.29, 1.82) is 0 Å². The number of hydrogen-bond donors (Lipinski definition) is 3. The molecule has 1 rings (SSSR count). The number of nitrogens with two attached hydrogens (primary N) is 1. The summed E-state index contributed by atoms with van der Waals surface area (Å²) in [7, 11) is 0. The molecule has 1 aromatic carbocycles. The van der Waals surface area contributed by atoms with Gasteiger partial charge in [0.25, 0.3) is 0 Å². The fourth-order valence-corrected chi connectivity index (χ4v) is 2.40. The Balaban J connectivity index is 3.19. The van der Waals surface area contributed by atoms with Crippen molar-refractivity contribution < 1.29 is 9.53 Å². The molecule has 0 bridgehead atoms. The van der Waals surface area contributed by atoms with E-state index in [0.717, 1.165) is 32.8 Å². The van der Waals surface area contributed by atoms with Gasteiger partial charge in [-0.25, -0.2) is 4.79 Å². The molecule has 0 atom stereocenters. The predicted molar refractivity (Wildman–Crippen MR) is 85.7 cm³/mol. The van der Waals surface area contributed by atoms with E-state index in [9.17, 15) is 4.79 Å². The largest absolute Gasteiger partial charge is 0.444 e. The van der Waals surface area contributed by atoms with Crippen LogP contribution in [-0.4, -0.2) is 11.7 Å². The van der Waals surface area contributed by atoms with Crippen molar-refractivity contribution in [2.75, 3.05) is 5.32 Å². The van der Waals surface area contributed by atoms with Gasteiger partial charge in [0.1, 0.15) is 5.60 Å². The van der Waals surface area contributed by atoms with E-state index in [4.69, 9.17) is 10.5 Å². The van der Waals surface area contributed by atoms with Gasteiger partial charge in [0, 0.05) is 11.4 Å². The number of rotatable bonds is 2. The van der Waals surface area contributed by atoms with Crippen molar-refractivity contribution in [2.45, 2.75) is 58.6 Å². The van der Waals surface area contributed by atoms with Crippen LogP contribution in [-0.2, 0) is 11.3 Å². The van der Waals surface area contributed by atoms with Crippen LogP contribution in [0.4, 0.5) is 10.5 Å². The van der Waals surface area contributed by atoms with Crippen molar-refractivity contribution in [2.24, 2.45) is 5.73 Å². The average molecular weight is 296 g/mol. The normalized spacial score (nSPS) is 11.4. The number of carbonyl (C=O) groups excluding carboxylic acids is 1. The first-order valence-corrected chi connectivity index (χ1v) is 7.04. The second kappa shape index (κ2) is 6.06. The molecule has 112 valence electrons. The first-order chi connectivity index (χ1) is 9.08. The van der Waals surface area contributed by atoms with Gasteiger partial charge in [-0.2, -0.15) is 0 Å². The number of hydrogen-bond acceptors (Lipinski definition) is 4. The van der Waals surface area contributed by atoms with Crippen molar-refractivity contribution >= 4 is 24.4 Å². The molecule has 0 spiro atoms. The van der Waals surface area contributed by atoms with Crippen molar-refractivity contribution in [1.82, 2.24) is 0 Å². The second-order valence-electron chi connectivity index (χ2n) is 5.91. The van der Waals surface area contributed by atoms with Gasteiger partial charge in [-0.3, -0.25) is 5.32 Å². The third-order valence-corrected chi connectivity index (χ3v) is 3.87. The number of thiol groups is 1. The molecule has 0 radical (unpaired) electrons. The van der Waals surface area contributed by atoms with Gasteiger partial charge in [-0.05, 0) is 63.8 Å². The molecule has 0 fully saturated rings. The highest BCUT2D eigenvalue weighted by Gasteiger charge is 2.20. The quantitative estimate of drug-likeness (QED) is 0.729. The summed E-state index contributed by atoms with van der Waals surface area (Å²) in [6.45, 7) is 11.8. The molecule has 0 saturated carbocycles. The molecule has 5 heteroatoms. The first-order valence-electron chi connectivity index (χ1n) is 6.60. The van der Waals surface area contributed by atoms with Gasteiger partial charge in [-0.1, -0.05) is 0 Å². The monoisotopic (exact) mass is 296 g/mol. The van der Waals surface area contributed by atoms with Crippen LogP contribution >= 0.6 is 12.6 Å². The summed E-state index contributed by atoms with van der Waals surface area (Å²) >= 11 is 4.51. The Labute approximate surface area is 126 Å². The third kappa shape index (κ3) is 3.67. The Hall–Kier alpha value is -1.20. The van der Waals surface area contributed by atoms with Gasteiger partial charge in [0.05, 0.1) is 5.69 Å². The Morgan fingerprint density at radius 3 is 2.20 bits per heavy atom. The van der Waals surface area contributed by atoms with Crippen LogP contribution in [0.1, 0.15) is 43.0 Å². The lowest BCUT2D eigenvalue weighted by molar-refractivity contribution is 0.0635. The standard InChI is InChI=1S/C15H24N2O2S/c1-8-11(7-16)9(2)13(20)10(3)12(8)17-14(18)19-15(4,5)6/h20H,7,16H2,1-6H3,(H,17,18). The molecule has 1 aromatic rings. The Morgan fingerprint density at radius 1 is 1.20 bits per heavy atom. The highest BCUT2D eigenvalue weighted by Crippen LogP contribution is 2.33. The number of anilines is 1. The minimum absolute atomic E-state index is 0.411. The number of ether oxygens (including phenoxy) is 1. The number of amides is 1. The minimum Gasteiger partial charge on any atom is -0.444 e. The lowest BCUT2D eigenvalue weighted by atomic mass is 9.97. The number of carbonyl (C=O) groups is 1. The fraction of sp³-hybridized carbons (Fsp3) is 0.533. The van der Waals surface area contributed by atoms with Gasteiger partial charge < -0.3 is 10.5 Å². The van der Waals surface area contributed by atoms with Crippen molar-refractivity contribution in [3.63, 3.8) is 0 Å². The van der Waals surface area contributed by atoms with Gasteiger partial charge >= 0.3 is 6.09 Å². The molecule has 0 saturated heterocycles. The average Bonchev–Trinajstić information content (AvgIpc) is 2.31. The minimum atomic E-state index is -0.531. The van der Waals surface area contributed by atoms with E-state index >= 15 is 0 Å². The predicted octanol–water partition coefficient (Wildman–Crippen LogP) is 3.71. The molecule has 4 nitrogen and oxygen atoms in total. The van der Waals surface area contributed by atoms with E-state index in [0.29, 0.717) is 6.54 Å². The zero-order chi connectivity index (χ0) is 15.7. The molecule has 0 heterocycles. The van der Waals surface area contributed by atoms with E-state index in [-0.39, 0.29) is 0 Å². The van der Waals surface area contributed by atoms with Crippen LogP contribution in [0.2, 0.25) is 0 Å². The van der Waals surface area contributed by atoms with E-state index < -0.39 is 11.7 Å². The Kier molecular flexibility index (Phi) is 5.10. The zero-order valence-electron chi connectivity index (χ0n) is 13.0.